The van der Waals surface area contributed by atoms with E-state index in [-0.39, 0.29) is 11.6 Å². The molecule has 3 rings (SSSR count). The van der Waals surface area contributed by atoms with Gasteiger partial charge < -0.3 is 4.74 Å². The molecule has 2 aromatic carbocycles. The molecule has 0 amide bonds. The Morgan fingerprint density at radius 2 is 1.58 bits per heavy atom. The van der Waals surface area contributed by atoms with Crippen LogP contribution in [0.4, 0.5) is 0 Å². The standard InChI is InChI=1S/C23H26O2P/c1-3-25-23(24)19(2)26(20-13-7-4-8-14-20,21-15-9-5-10-16-21)22-17-11-6-12-18-22/h4-5,7-11,13-19H,3,6,12H2,1-2H3/q+1. The molecule has 0 bridgehead atoms. The second-order valence-electron chi connectivity index (χ2n) is 6.43. The molecule has 2 nitrogen and oxygen atoms in total. The number of hydrogen-bond acceptors (Lipinski definition) is 2. The molecule has 2 aromatic rings. The van der Waals surface area contributed by atoms with Crippen molar-refractivity contribution < 1.29 is 9.53 Å². The van der Waals surface area contributed by atoms with Crippen molar-refractivity contribution >= 4 is 23.8 Å². The van der Waals surface area contributed by atoms with Crippen LogP contribution < -0.4 is 10.6 Å². The number of esters is 1. The van der Waals surface area contributed by atoms with E-state index in [1.54, 1.807) is 0 Å². The molecule has 1 unspecified atom stereocenters. The molecular formula is C23H26O2P+. The van der Waals surface area contributed by atoms with Crippen molar-refractivity contribution in [1.82, 2.24) is 0 Å². The van der Waals surface area contributed by atoms with Crippen molar-refractivity contribution in [1.29, 1.82) is 0 Å². The second kappa shape index (κ2) is 8.47. The minimum Gasteiger partial charge on any atom is -0.463 e. The van der Waals surface area contributed by atoms with Crippen LogP contribution in [0.25, 0.3) is 0 Å². The minimum absolute atomic E-state index is 0.117. The smallest absolute Gasteiger partial charge is 0.347 e. The summed E-state index contributed by atoms with van der Waals surface area (Å²) in [6.07, 6.45) is 8.86. The lowest BCUT2D eigenvalue weighted by molar-refractivity contribution is -0.142. The Kier molecular flexibility index (Phi) is 6.06. The molecule has 0 N–H and O–H groups in total. The predicted octanol–water partition coefficient (Wildman–Crippen LogP) is 4.84. The number of carbonyl (C=O) groups is 1. The van der Waals surface area contributed by atoms with Crippen LogP contribution in [-0.4, -0.2) is 18.2 Å². The molecule has 0 aromatic heterocycles. The number of ether oxygens (including phenoxy) is 1. The molecule has 1 aliphatic rings. The lowest BCUT2D eigenvalue weighted by Gasteiger charge is -2.33. The van der Waals surface area contributed by atoms with Gasteiger partial charge in [-0.15, -0.1) is 0 Å². The maximum Gasteiger partial charge on any atom is 0.347 e. The van der Waals surface area contributed by atoms with Crippen LogP contribution in [0.1, 0.15) is 26.7 Å². The van der Waals surface area contributed by atoms with Gasteiger partial charge in [0.25, 0.3) is 0 Å². The highest BCUT2D eigenvalue weighted by Gasteiger charge is 2.54. The van der Waals surface area contributed by atoms with E-state index in [9.17, 15) is 4.79 Å². The first-order valence-electron chi connectivity index (χ1n) is 9.25. The Hall–Kier alpha value is -2.18. The molecule has 134 valence electrons. The zero-order valence-electron chi connectivity index (χ0n) is 15.5. The Labute approximate surface area is 156 Å². The fourth-order valence-electron chi connectivity index (χ4n) is 3.73. The summed E-state index contributed by atoms with van der Waals surface area (Å²) in [5.74, 6) is -0.117. The lowest BCUT2D eigenvalue weighted by Crippen LogP contribution is -2.36. The highest BCUT2D eigenvalue weighted by molar-refractivity contribution is 7.94. The predicted molar refractivity (Wildman–Crippen MR) is 112 cm³/mol. The molecule has 1 atom stereocenters. The molecule has 0 saturated heterocycles. The van der Waals surface area contributed by atoms with Crippen LogP contribution in [-0.2, 0) is 9.53 Å². The Bertz CT molecular complexity index is 754. The van der Waals surface area contributed by atoms with E-state index in [2.05, 4.69) is 66.8 Å². The minimum atomic E-state index is -2.15. The Balaban J connectivity index is 2.29. The number of hydrogen-bond donors (Lipinski definition) is 0. The first-order chi connectivity index (χ1) is 12.7. The van der Waals surface area contributed by atoms with Gasteiger partial charge in [0.05, 0.1) is 6.61 Å². The zero-order valence-corrected chi connectivity index (χ0v) is 16.4. The van der Waals surface area contributed by atoms with Gasteiger partial charge in [-0.25, -0.2) is 4.79 Å². The number of allylic oxidation sites excluding steroid dienone is 4. The van der Waals surface area contributed by atoms with Gasteiger partial charge in [0.1, 0.15) is 23.2 Å². The van der Waals surface area contributed by atoms with Gasteiger partial charge >= 0.3 is 5.97 Å². The van der Waals surface area contributed by atoms with Gasteiger partial charge in [0.15, 0.2) is 5.66 Å². The van der Waals surface area contributed by atoms with Crippen molar-refractivity contribution in [2.24, 2.45) is 0 Å². The third-order valence-electron chi connectivity index (χ3n) is 4.92. The summed E-state index contributed by atoms with van der Waals surface area (Å²) in [4.78, 5) is 12.9. The lowest BCUT2D eigenvalue weighted by atomic mass is 10.2. The summed E-state index contributed by atoms with van der Waals surface area (Å²) in [6.45, 7) is 4.31. The monoisotopic (exact) mass is 365 g/mol. The summed E-state index contributed by atoms with van der Waals surface area (Å²) in [5.41, 5.74) is -0.235. The maximum atomic E-state index is 12.9. The van der Waals surface area contributed by atoms with E-state index in [1.807, 2.05) is 26.0 Å². The van der Waals surface area contributed by atoms with Crippen molar-refractivity contribution in [3.05, 3.63) is 84.2 Å². The summed E-state index contributed by atoms with van der Waals surface area (Å²) in [7, 11) is -2.15. The number of carbonyl (C=O) groups excluding carboxylic acids is 1. The summed E-state index contributed by atoms with van der Waals surface area (Å²) >= 11 is 0. The fourth-order valence-corrected chi connectivity index (χ4v) is 8.40. The van der Waals surface area contributed by atoms with Gasteiger partial charge in [-0.2, -0.15) is 0 Å². The summed E-state index contributed by atoms with van der Waals surface area (Å²) in [5, 5.41) is 3.73. The molecule has 26 heavy (non-hydrogen) atoms. The molecular weight excluding hydrogens is 339 g/mol. The van der Waals surface area contributed by atoms with Gasteiger partial charge in [0.2, 0.25) is 0 Å². The van der Waals surface area contributed by atoms with E-state index in [0.717, 1.165) is 12.8 Å². The van der Waals surface area contributed by atoms with E-state index in [4.69, 9.17) is 4.74 Å². The van der Waals surface area contributed by atoms with E-state index >= 15 is 0 Å². The zero-order chi connectivity index (χ0) is 18.4. The third kappa shape index (κ3) is 3.39. The molecule has 3 heteroatoms. The van der Waals surface area contributed by atoms with Gasteiger partial charge in [-0.05, 0) is 63.1 Å². The van der Waals surface area contributed by atoms with Gasteiger partial charge in [0, 0.05) is 0 Å². The quantitative estimate of drug-likeness (QED) is 0.541. The van der Waals surface area contributed by atoms with Crippen molar-refractivity contribution in [3.63, 3.8) is 0 Å². The third-order valence-corrected chi connectivity index (χ3v) is 9.66. The summed E-state index contributed by atoms with van der Waals surface area (Å²) < 4.78 is 5.48. The SMILES string of the molecule is CCOC(=O)C(C)[P+](C1=CCCC=C1)(c1ccccc1)c1ccccc1. The normalized spacial score (nSPS) is 15.2. The van der Waals surface area contributed by atoms with Crippen LogP contribution in [0.2, 0.25) is 0 Å². The molecule has 1 aliphatic carbocycles. The molecule has 0 fully saturated rings. The first kappa shape index (κ1) is 18.6. The highest BCUT2D eigenvalue weighted by atomic mass is 31.2. The Morgan fingerprint density at radius 3 is 2.04 bits per heavy atom. The van der Waals surface area contributed by atoms with Crippen LogP contribution in [0.5, 0.6) is 0 Å². The summed E-state index contributed by atoms with van der Waals surface area (Å²) in [6, 6.07) is 21.0. The molecule has 0 heterocycles. The van der Waals surface area contributed by atoms with Crippen molar-refractivity contribution in [2.75, 3.05) is 6.61 Å². The van der Waals surface area contributed by atoms with E-state index in [0.29, 0.717) is 6.61 Å². The molecule has 0 saturated carbocycles. The topological polar surface area (TPSA) is 26.3 Å². The maximum absolute atomic E-state index is 12.9. The average molecular weight is 365 g/mol. The van der Waals surface area contributed by atoms with Crippen LogP contribution in [0, 0.1) is 0 Å². The molecule has 0 spiro atoms. The van der Waals surface area contributed by atoms with Crippen LogP contribution in [0.3, 0.4) is 0 Å². The van der Waals surface area contributed by atoms with Gasteiger partial charge in [-0.3, -0.25) is 0 Å². The van der Waals surface area contributed by atoms with Crippen molar-refractivity contribution in [3.8, 4) is 0 Å². The van der Waals surface area contributed by atoms with E-state index in [1.165, 1.54) is 15.9 Å². The average Bonchev–Trinajstić information content (AvgIpc) is 2.71. The largest absolute Gasteiger partial charge is 0.463 e. The second-order valence-corrected chi connectivity index (χ2v) is 10.2. The number of benzene rings is 2. The molecule has 0 radical (unpaired) electrons. The van der Waals surface area contributed by atoms with Crippen LogP contribution >= 0.6 is 7.26 Å². The first-order valence-corrected chi connectivity index (χ1v) is 11.1. The van der Waals surface area contributed by atoms with E-state index < -0.39 is 7.26 Å². The van der Waals surface area contributed by atoms with Gasteiger partial charge in [-0.1, -0.05) is 42.5 Å². The van der Waals surface area contributed by atoms with Crippen molar-refractivity contribution in [2.45, 2.75) is 32.3 Å². The number of rotatable bonds is 6. The Morgan fingerprint density at radius 1 is 1.00 bits per heavy atom. The molecule has 0 aliphatic heterocycles. The fraction of sp³-hybridized carbons (Fsp3) is 0.261. The van der Waals surface area contributed by atoms with Crippen LogP contribution in [0.15, 0.2) is 84.2 Å². The highest BCUT2D eigenvalue weighted by Crippen LogP contribution is 2.68.